The molecule has 0 spiro atoms. The van der Waals surface area contributed by atoms with Crippen LogP contribution in [0.15, 0.2) is 28.7 Å². The number of halogens is 1. The van der Waals surface area contributed by atoms with Crippen molar-refractivity contribution in [3.05, 3.63) is 34.3 Å². The van der Waals surface area contributed by atoms with Crippen LogP contribution in [-0.2, 0) is 9.84 Å². The molecular formula is C12H14BrNO3S. The van der Waals surface area contributed by atoms with Crippen LogP contribution >= 0.6 is 15.9 Å². The van der Waals surface area contributed by atoms with Gasteiger partial charge in [0.15, 0.2) is 9.84 Å². The standard InChI is InChI=1S/C12H14BrNO3S/c1-18(16,17)11-6-7-14(8-11)12(15)9-2-4-10(13)5-3-9/h2-5,11H,6-8H2,1H3. The highest BCUT2D eigenvalue weighted by atomic mass is 79.9. The van der Waals surface area contributed by atoms with Gasteiger partial charge in [0, 0.05) is 29.4 Å². The van der Waals surface area contributed by atoms with Gasteiger partial charge in [0.25, 0.3) is 5.91 Å². The van der Waals surface area contributed by atoms with E-state index in [0.717, 1.165) is 4.47 Å². The van der Waals surface area contributed by atoms with Crippen LogP contribution in [0.3, 0.4) is 0 Å². The molecule has 1 aliphatic rings. The molecule has 1 amide bonds. The van der Waals surface area contributed by atoms with Gasteiger partial charge in [0.1, 0.15) is 0 Å². The average Bonchev–Trinajstić information content (AvgIpc) is 2.78. The molecule has 2 rings (SSSR count). The maximum absolute atomic E-state index is 12.1. The van der Waals surface area contributed by atoms with E-state index < -0.39 is 15.1 Å². The number of hydrogen-bond donors (Lipinski definition) is 0. The van der Waals surface area contributed by atoms with Crippen LogP contribution in [0, 0.1) is 0 Å². The Morgan fingerprint density at radius 1 is 1.33 bits per heavy atom. The second-order valence-electron chi connectivity index (χ2n) is 4.50. The average molecular weight is 332 g/mol. The van der Waals surface area contributed by atoms with E-state index in [1.165, 1.54) is 6.26 Å². The van der Waals surface area contributed by atoms with E-state index in [-0.39, 0.29) is 5.91 Å². The minimum absolute atomic E-state index is 0.103. The Bertz CT molecular complexity index is 553. The van der Waals surface area contributed by atoms with Crippen molar-refractivity contribution < 1.29 is 13.2 Å². The molecule has 18 heavy (non-hydrogen) atoms. The summed E-state index contributed by atoms with van der Waals surface area (Å²) < 4.78 is 23.8. The second-order valence-corrected chi connectivity index (χ2v) is 7.74. The number of sulfone groups is 1. The summed E-state index contributed by atoms with van der Waals surface area (Å²) in [6, 6.07) is 7.08. The summed E-state index contributed by atoms with van der Waals surface area (Å²) in [5.74, 6) is -0.103. The molecule has 1 fully saturated rings. The van der Waals surface area contributed by atoms with Crippen molar-refractivity contribution in [1.29, 1.82) is 0 Å². The summed E-state index contributed by atoms with van der Waals surface area (Å²) in [5, 5.41) is -0.420. The Kier molecular flexibility index (Phi) is 3.77. The third-order valence-corrected chi connectivity index (χ3v) is 5.25. The Hall–Kier alpha value is -0.880. The zero-order valence-electron chi connectivity index (χ0n) is 9.97. The molecule has 0 bridgehead atoms. The zero-order chi connectivity index (χ0) is 13.3. The molecule has 1 atom stereocenters. The lowest BCUT2D eigenvalue weighted by Gasteiger charge is -2.16. The fraction of sp³-hybridized carbons (Fsp3) is 0.417. The van der Waals surface area contributed by atoms with Crippen LogP contribution in [0.2, 0.25) is 0 Å². The van der Waals surface area contributed by atoms with E-state index in [9.17, 15) is 13.2 Å². The number of carbonyl (C=O) groups excluding carboxylic acids is 1. The van der Waals surface area contributed by atoms with Gasteiger partial charge >= 0.3 is 0 Å². The van der Waals surface area contributed by atoms with Gasteiger partial charge in [-0.25, -0.2) is 8.42 Å². The Labute approximate surface area is 115 Å². The van der Waals surface area contributed by atoms with Gasteiger partial charge in [-0.2, -0.15) is 0 Å². The summed E-state index contributed by atoms with van der Waals surface area (Å²) in [6.45, 7) is 0.806. The molecule has 0 N–H and O–H groups in total. The first-order chi connectivity index (χ1) is 8.38. The maximum Gasteiger partial charge on any atom is 0.253 e. The molecule has 0 aliphatic carbocycles. The van der Waals surface area contributed by atoms with E-state index in [2.05, 4.69) is 15.9 Å². The van der Waals surface area contributed by atoms with Gasteiger partial charge in [-0.15, -0.1) is 0 Å². The first-order valence-corrected chi connectivity index (χ1v) is 8.36. The van der Waals surface area contributed by atoms with E-state index >= 15 is 0 Å². The van der Waals surface area contributed by atoms with E-state index in [1.54, 1.807) is 29.2 Å². The molecule has 1 aromatic rings. The highest BCUT2D eigenvalue weighted by Crippen LogP contribution is 2.19. The molecular weight excluding hydrogens is 318 g/mol. The molecule has 4 nitrogen and oxygen atoms in total. The van der Waals surface area contributed by atoms with Gasteiger partial charge in [0.05, 0.1) is 5.25 Å². The van der Waals surface area contributed by atoms with Crippen molar-refractivity contribution in [2.24, 2.45) is 0 Å². The van der Waals surface area contributed by atoms with Crippen LogP contribution in [0.1, 0.15) is 16.8 Å². The zero-order valence-corrected chi connectivity index (χ0v) is 12.4. The number of likely N-dealkylation sites (tertiary alicyclic amines) is 1. The summed E-state index contributed by atoms with van der Waals surface area (Å²) in [4.78, 5) is 13.8. The number of benzene rings is 1. The van der Waals surface area contributed by atoms with Crippen molar-refractivity contribution in [3.63, 3.8) is 0 Å². The topological polar surface area (TPSA) is 54.5 Å². The van der Waals surface area contributed by atoms with Gasteiger partial charge in [-0.3, -0.25) is 4.79 Å². The van der Waals surface area contributed by atoms with E-state index in [1.807, 2.05) is 0 Å². The summed E-state index contributed by atoms with van der Waals surface area (Å²) in [7, 11) is -3.06. The highest BCUT2D eigenvalue weighted by Gasteiger charge is 2.32. The highest BCUT2D eigenvalue weighted by molar-refractivity contribution is 9.10. The Morgan fingerprint density at radius 3 is 2.44 bits per heavy atom. The van der Waals surface area contributed by atoms with Gasteiger partial charge < -0.3 is 4.90 Å². The SMILES string of the molecule is CS(=O)(=O)C1CCN(C(=O)c2ccc(Br)cc2)C1. The summed E-state index contributed by atoms with van der Waals surface area (Å²) >= 11 is 3.31. The minimum Gasteiger partial charge on any atom is -0.337 e. The predicted octanol–water partition coefficient (Wildman–Crippen LogP) is 1.71. The van der Waals surface area contributed by atoms with Crippen LogP contribution in [0.25, 0.3) is 0 Å². The Morgan fingerprint density at radius 2 is 1.94 bits per heavy atom. The first-order valence-electron chi connectivity index (χ1n) is 5.61. The molecule has 1 aromatic carbocycles. The van der Waals surface area contributed by atoms with Crippen LogP contribution in [0.4, 0.5) is 0 Å². The van der Waals surface area contributed by atoms with Crippen molar-refractivity contribution in [2.75, 3.05) is 19.3 Å². The third kappa shape index (κ3) is 2.92. The second kappa shape index (κ2) is 5.01. The molecule has 6 heteroatoms. The number of hydrogen-bond acceptors (Lipinski definition) is 3. The molecule has 1 saturated heterocycles. The molecule has 0 saturated carbocycles. The predicted molar refractivity (Wildman–Crippen MR) is 73.3 cm³/mol. The minimum atomic E-state index is -3.06. The first kappa shape index (κ1) is 13.5. The fourth-order valence-corrected chi connectivity index (χ4v) is 3.29. The van der Waals surface area contributed by atoms with Crippen molar-refractivity contribution >= 4 is 31.7 Å². The van der Waals surface area contributed by atoms with Crippen molar-refractivity contribution in [3.8, 4) is 0 Å². The van der Waals surface area contributed by atoms with Gasteiger partial charge in [-0.05, 0) is 30.7 Å². The third-order valence-electron chi connectivity index (χ3n) is 3.13. The number of rotatable bonds is 2. The molecule has 0 aromatic heterocycles. The molecule has 0 radical (unpaired) electrons. The van der Waals surface area contributed by atoms with Crippen molar-refractivity contribution in [2.45, 2.75) is 11.7 Å². The quantitative estimate of drug-likeness (QED) is 0.828. The normalized spacial score (nSPS) is 20.1. The Balaban J connectivity index is 2.10. The van der Waals surface area contributed by atoms with E-state index in [4.69, 9.17) is 0 Å². The number of carbonyl (C=O) groups is 1. The molecule has 1 unspecified atom stereocenters. The van der Waals surface area contributed by atoms with Crippen LogP contribution < -0.4 is 0 Å². The summed E-state index contributed by atoms with van der Waals surface area (Å²) in [6.07, 6.45) is 1.76. The van der Waals surface area contributed by atoms with Gasteiger partial charge in [0.2, 0.25) is 0 Å². The van der Waals surface area contributed by atoms with Crippen LogP contribution in [0.5, 0.6) is 0 Å². The lowest BCUT2D eigenvalue weighted by atomic mass is 10.2. The van der Waals surface area contributed by atoms with Crippen LogP contribution in [-0.4, -0.2) is 43.8 Å². The lowest BCUT2D eigenvalue weighted by molar-refractivity contribution is 0.0793. The lowest BCUT2D eigenvalue weighted by Crippen LogP contribution is -2.31. The molecule has 1 aliphatic heterocycles. The molecule has 1 heterocycles. The monoisotopic (exact) mass is 331 g/mol. The molecule has 98 valence electrons. The number of amides is 1. The number of nitrogens with zero attached hydrogens (tertiary/aromatic N) is 1. The smallest absolute Gasteiger partial charge is 0.253 e. The van der Waals surface area contributed by atoms with E-state index in [0.29, 0.717) is 25.1 Å². The summed E-state index contributed by atoms with van der Waals surface area (Å²) in [5.41, 5.74) is 0.590. The van der Waals surface area contributed by atoms with Crippen molar-refractivity contribution in [1.82, 2.24) is 4.90 Å². The maximum atomic E-state index is 12.1. The fourth-order valence-electron chi connectivity index (χ4n) is 2.04. The van der Waals surface area contributed by atoms with Gasteiger partial charge in [-0.1, -0.05) is 15.9 Å². The largest absolute Gasteiger partial charge is 0.337 e.